The number of hydrogen-bond acceptors (Lipinski definition) is 5. The molecule has 0 aromatic rings. The minimum Gasteiger partial charge on any atom is -0.481 e. The fourth-order valence-electron chi connectivity index (χ4n) is 1.88. The van der Waals surface area contributed by atoms with Crippen LogP contribution in [-0.2, 0) is 24.0 Å². The summed E-state index contributed by atoms with van der Waals surface area (Å²) in [6.07, 6.45) is -5.72. The lowest BCUT2D eigenvalue weighted by Crippen LogP contribution is -2.30. The third-order valence-electron chi connectivity index (χ3n) is 3.69. The number of carboxylic acid groups (broad SMARTS) is 5. The van der Waals surface area contributed by atoms with Crippen molar-refractivity contribution in [2.24, 2.45) is 22.7 Å². The molecule has 13 heteroatoms. The summed E-state index contributed by atoms with van der Waals surface area (Å²) in [6.45, 7) is 10.3. The standard InChI is InChI=1S/2C8H14O4.C2HF3O2/c2*1-8(2,3)5(7(11)12)4-6(9)10;3-2(4,5)1(6)7/h2*5H,4H2,1-3H3,(H,9,10)(H,11,12);(H,6,7). The van der Waals surface area contributed by atoms with Crippen molar-refractivity contribution in [2.45, 2.75) is 60.6 Å². The van der Waals surface area contributed by atoms with Crippen LogP contribution in [-0.4, -0.2) is 61.6 Å². The summed E-state index contributed by atoms with van der Waals surface area (Å²) in [7, 11) is 0. The predicted octanol–water partition coefficient (Wildman–Crippen LogP) is 3.05. The largest absolute Gasteiger partial charge is 0.490 e. The molecule has 0 amide bonds. The molecule has 5 N–H and O–H groups in total. The second kappa shape index (κ2) is 12.7. The van der Waals surface area contributed by atoms with Gasteiger partial charge in [0.2, 0.25) is 0 Å². The molecule has 0 radical (unpaired) electrons. The van der Waals surface area contributed by atoms with Crippen molar-refractivity contribution < 1.29 is 62.7 Å². The summed E-state index contributed by atoms with van der Waals surface area (Å²) in [4.78, 5) is 50.7. The van der Waals surface area contributed by atoms with Crippen molar-refractivity contribution in [3.05, 3.63) is 0 Å². The van der Waals surface area contributed by atoms with Crippen molar-refractivity contribution in [1.29, 1.82) is 0 Å². The third kappa shape index (κ3) is 17.7. The van der Waals surface area contributed by atoms with Crippen molar-refractivity contribution in [3.8, 4) is 0 Å². The number of halogens is 3. The van der Waals surface area contributed by atoms with Crippen molar-refractivity contribution in [2.75, 3.05) is 0 Å². The van der Waals surface area contributed by atoms with Gasteiger partial charge in [-0.2, -0.15) is 13.2 Å². The zero-order chi connectivity index (χ0) is 26.0. The molecule has 0 aliphatic heterocycles. The Morgan fingerprint density at radius 2 is 0.806 bits per heavy atom. The Kier molecular flexibility index (Phi) is 13.5. The highest BCUT2D eigenvalue weighted by atomic mass is 19.4. The van der Waals surface area contributed by atoms with E-state index in [0.29, 0.717) is 0 Å². The number of carbonyl (C=O) groups is 5. The van der Waals surface area contributed by atoms with Crippen LogP contribution in [0.1, 0.15) is 54.4 Å². The molecular formula is C18H29F3O10. The Bertz CT molecular complexity index is 598. The number of alkyl halides is 3. The molecule has 0 aromatic carbocycles. The predicted molar refractivity (Wildman–Crippen MR) is 99.4 cm³/mol. The Labute approximate surface area is 176 Å². The molecule has 0 aliphatic carbocycles. The van der Waals surface area contributed by atoms with Gasteiger partial charge in [0.1, 0.15) is 0 Å². The first-order valence-corrected chi connectivity index (χ1v) is 8.63. The number of hydrogen-bond donors (Lipinski definition) is 5. The Balaban J connectivity index is -0.000000394. The molecule has 0 saturated carbocycles. The summed E-state index contributed by atoms with van der Waals surface area (Å²) in [6, 6.07) is 0. The molecule has 0 spiro atoms. The van der Waals surface area contributed by atoms with Crippen molar-refractivity contribution >= 4 is 29.8 Å². The van der Waals surface area contributed by atoms with Crippen LogP contribution in [0, 0.1) is 22.7 Å². The molecule has 0 heterocycles. The lowest BCUT2D eigenvalue weighted by atomic mass is 9.79. The molecule has 0 rings (SSSR count). The van der Waals surface area contributed by atoms with Gasteiger partial charge in [0.15, 0.2) is 0 Å². The molecule has 2 unspecified atom stereocenters. The van der Waals surface area contributed by atoms with E-state index in [0.717, 1.165) is 0 Å². The van der Waals surface area contributed by atoms with Gasteiger partial charge in [-0.15, -0.1) is 0 Å². The second-order valence-electron chi connectivity index (χ2n) is 8.51. The first-order chi connectivity index (χ1) is 13.4. The average molecular weight is 462 g/mol. The van der Waals surface area contributed by atoms with Crippen molar-refractivity contribution in [1.82, 2.24) is 0 Å². The molecule has 0 bridgehead atoms. The molecule has 0 aliphatic rings. The van der Waals surface area contributed by atoms with Gasteiger partial charge in [0.25, 0.3) is 0 Å². The summed E-state index contributed by atoms with van der Waals surface area (Å²) in [5.74, 6) is -8.65. The minimum atomic E-state index is -5.08. The van der Waals surface area contributed by atoms with E-state index >= 15 is 0 Å². The van der Waals surface area contributed by atoms with Crippen LogP contribution in [0.3, 0.4) is 0 Å². The Morgan fingerprint density at radius 3 is 0.839 bits per heavy atom. The molecule has 31 heavy (non-hydrogen) atoms. The smallest absolute Gasteiger partial charge is 0.481 e. The summed E-state index contributed by atoms with van der Waals surface area (Å²) in [5.41, 5.74) is -1.02. The van der Waals surface area contributed by atoms with Crippen LogP contribution < -0.4 is 0 Å². The molecular weight excluding hydrogens is 433 g/mol. The topological polar surface area (TPSA) is 186 Å². The van der Waals surface area contributed by atoms with Gasteiger partial charge < -0.3 is 25.5 Å². The van der Waals surface area contributed by atoms with E-state index in [-0.39, 0.29) is 12.8 Å². The van der Waals surface area contributed by atoms with E-state index in [9.17, 15) is 32.3 Å². The van der Waals surface area contributed by atoms with Crippen LogP contribution in [0.4, 0.5) is 13.2 Å². The monoisotopic (exact) mass is 462 g/mol. The summed E-state index contributed by atoms with van der Waals surface area (Å²) >= 11 is 0. The average Bonchev–Trinajstić information content (AvgIpc) is 2.47. The van der Waals surface area contributed by atoms with E-state index in [4.69, 9.17) is 30.3 Å². The molecule has 0 fully saturated rings. The van der Waals surface area contributed by atoms with Gasteiger partial charge in [-0.25, -0.2) is 4.79 Å². The highest BCUT2D eigenvalue weighted by Gasteiger charge is 2.38. The molecule has 10 nitrogen and oxygen atoms in total. The zero-order valence-corrected chi connectivity index (χ0v) is 18.0. The maximum absolute atomic E-state index is 10.6. The van der Waals surface area contributed by atoms with Crippen LogP contribution in [0.2, 0.25) is 0 Å². The van der Waals surface area contributed by atoms with Crippen LogP contribution in [0.5, 0.6) is 0 Å². The Hall–Kier alpha value is -2.86. The van der Waals surface area contributed by atoms with Gasteiger partial charge in [0.05, 0.1) is 24.7 Å². The first-order valence-electron chi connectivity index (χ1n) is 8.63. The second-order valence-corrected chi connectivity index (χ2v) is 8.51. The highest BCUT2D eigenvalue weighted by molar-refractivity contribution is 5.79. The fraction of sp³-hybridized carbons (Fsp3) is 0.722. The third-order valence-corrected chi connectivity index (χ3v) is 3.69. The number of aliphatic carboxylic acids is 5. The van der Waals surface area contributed by atoms with Gasteiger partial charge in [-0.1, -0.05) is 41.5 Å². The van der Waals surface area contributed by atoms with Gasteiger partial charge in [-0.05, 0) is 10.8 Å². The van der Waals surface area contributed by atoms with E-state index in [2.05, 4.69) is 0 Å². The normalized spacial score (nSPS) is 13.3. The number of carboxylic acids is 5. The van der Waals surface area contributed by atoms with Crippen LogP contribution in [0.25, 0.3) is 0 Å². The summed E-state index contributed by atoms with van der Waals surface area (Å²) < 4.78 is 31.7. The molecule has 182 valence electrons. The molecule has 0 aromatic heterocycles. The lowest BCUT2D eigenvalue weighted by molar-refractivity contribution is -0.192. The van der Waals surface area contributed by atoms with Crippen molar-refractivity contribution in [3.63, 3.8) is 0 Å². The maximum atomic E-state index is 10.6. The van der Waals surface area contributed by atoms with E-state index < -0.39 is 58.7 Å². The lowest BCUT2D eigenvalue weighted by Gasteiger charge is -2.25. The van der Waals surface area contributed by atoms with Gasteiger partial charge >= 0.3 is 36.0 Å². The zero-order valence-electron chi connectivity index (χ0n) is 18.0. The van der Waals surface area contributed by atoms with Gasteiger partial charge in [0, 0.05) is 0 Å². The SMILES string of the molecule is CC(C)(C)C(CC(=O)O)C(=O)O.CC(C)(C)C(CC(=O)O)C(=O)O.O=C(O)C(F)(F)F. The first kappa shape index (κ1) is 32.8. The summed E-state index contributed by atoms with van der Waals surface area (Å²) in [5, 5.41) is 41.4. The molecule has 2 atom stereocenters. The number of rotatable bonds is 6. The van der Waals surface area contributed by atoms with Crippen LogP contribution >= 0.6 is 0 Å². The Morgan fingerprint density at radius 1 is 0.613 bits per heavy atom. The molecule has 0 saturated heterocycles. The van der Waals surface area contributed by atoms with E-state index in [1.807, 2.05) is 0 Å². The van der Waals surface area contributed by atoms with E-state index in [1.54, 1.807) is 41.5 Å². The fourth-order valence-corrected chi connectivity index (χ4v) is 1.88. The highest BCUT2D eigenvalue weighted by Crippen LogP contribution is 2.29. The minimum absolute atomic E-state index is 0.321. The quantitative estimate of drug-likeness (QED) is 0.392. The van der Waals surface area contributed by atoms with Crippen LogP contribution in [0.15, 0.2) is 0 Å². The van der Waals surface area contributed by atoms with E-state index in [1.165, 1.54) is 0 Å². The van der Waals surface area contributed by atoms with Gasteiger partial charge in [-0.3, -0.25) is 19.2 Å². The maximum Gasteiger partial charge on any atom is 0.490 e.